The highest BCUT2D eigenvalue weighted by Gasteiger charge is 2.28. The SMILES string of the molecule is O=C(COCc1ccccc1)NC(Cc1c[nH]c2ccccc12)C(=O)N1CCCCC1. The van der Waals surface area contributed by atoms with Gasteiger partial charge in [-0.3, -0.25) is 9.59 Å². The van der Waals surface area contributed by atoms with Crippen molar-refractivity contribution in [3.63, 3.8) is 0 Å². The number of rotatable bonds is 8. The van der Waals surface area contributed by atoms with Gasteiger partial charge in [-0.25, -0.2) is 0 Å². The average Bonchev–Trinajstić information content (AvgIpc) is 3.22. The third kappa shape index (κ3) is 5.52. The molecule has 0 saturated carbocycles. The molecule has 2 aromatic carbocycles. The van der Waals surface area contributed by atoms with E-state index in [0.29, 0.717) is 13.0 Å². The van der Waals surface area contributed by atoms with Crippen LogP contribution in [0.15, 0.2) is 60.8 Å². The Balaban J connectivity index is 1.42. The summed E-state index contributed by atoms with van der Waals surface area (Å²) < 4.78 is 5.57. The lowest BCUT2D eigenvalue weighted by Crippen LogP contribution is -2.51. The lowest BCUT2D eigenvalue weighted by molar-refractivity contribution is -0.138. The van der Waals surface area contributed by atoms with E-state index in [2.05, 4.69) is 10.3 Å². The first-order chi connectivity index (χ1) is 15.2. The van der Waals surface area contributed by atoms with E-state index in [4.69, 9.17) is 4.74 Å². The number of nitrogens with zero attached hydrogens (tertiary/aromatic N) is 1. The maximum atomic E-state index is 13.3. The third-order valence-corrected chi connectivity index (χ3v) is 5.74. The van der Waals surface area contributed by atoms with Crippen LogP contribution >= 0.6 is 0 Å². The molecule has 31 heavy (non-hydrogen) atoms. The Hall–Kier alpha value is -3.12. The minimum absolute atomic E-state index is 0.0126. The van der Waals surface area contributed by atoms with Crippen molar-refractivity contribution in [2.45, 2.75) is 38.3 Å². The second-order valence-electron chi connectivity index (χ2n) is 8.05. The number of aromatic amines is 1. The van der Waals surface area contributed by atoms with Gasteiger partial charge in [0.1, 0.15) is 12.6 Å². The van der Waals surface area contributed by atoms with E-state index in [-0.39, 0.29) is 18.4 Å². The largest absolute Gasteiger partial charge is 0.367 e. The summed E-state index contributed by atoms with van der Waals surface area (Å²) in [5.74, 6) is -0.285. The molecule has 0 aliphatic carbocycles. The number of benzene rings is 2. The average molecular weight is 420 g/mol. The highest BCUT2D eigenvalue weighted by molar-refractivity contribution is 5.90. The summed E-state index contributed by atoms with van der Waals surface area (Å²) in [6, 6.07) is 17.1. The number of amides is 2. The van der Waals surface area contributed by atoms with Crippen molar-refractivity contribution >= 4 is 22.7 Å². The lowest BCUT2D eigenvalue weighted by atomic mass is 10.0. The van der Waals surface area contributed by atoms with E-state index in [1.54, 1.807) is 0 Å². The number of hydrogen-bond acceptors (Lipinski definition) is 3. The summed E-state index contributed by atoms with van der Waals surface area (Å²) in [6.45, 7) is 1.79. The van der Waals surface area contributed by atoms with Crippen molar-refractivity contribution in [2.75, 3.05) is 19.7 Å². The van der Waals surface area contributed by atoms with Crippen LogP contribution in [0.3, 0.4) is 0 Å². The van der Waals surface area contributed by atoms with Gasteiger partial charge >= 0.3 is 0 Å². The summed E-state index contributed by atoms with van der Waals surface area (Å²) in [7, 11) is 0. The van der Waals surface area contributed by atoms with Crippen LogP contribution < -0.4 is 5.32 Å². The van der Waals surface area contributed by atoms with Crippen molar-refractivity contribution < 1.29 is 14.3 Å². The van der Waals surface area contributed by atoms with Crippen LogP contribution in [0.25, 0.3) is 10.9 Å². The summed E-state index contributed by atoms with van der Waals surface area (Å²) in [5, 5.41) is 4.01. The van der Waals surface area contributed by atoms with Crippen molar-refractivity contribution in [1.82, 2.24) is 15.2 Å². The molecule has 0 bridgehead atoms. The van der Waals surface area contributed by atoms with Crippen molar-refractivity contribution in [2.24, 2.45) is 0 Å². The number of para-hydroxylation sites is 1. The van der Waals surface area contributed by atoms with Crippen molar-refractivity contribution in [1.29, 1.82) is 0 Å². The molecule has 2 N–H and O–H groups in total. The smallest absolute Gasteiger partial charge is 0.246 e. The predicted molar refractivity (Wildman–Crippen MR) is 120 cm³/mol. The fraction of sp³-hybridized carbons (Fsp3) is 0.360. The Bertz CT molecular complexity index is 1010. The van der Waals surface area contributed by atoms with Gasteiger partial charge in [-0.1, -0.05) is 48.5 Å². The number of aromatic nitrogens is 1. The molecule has 1 aliphatic rings. The maximum absolute atomic E-state index is 13.3. The van der Waals surface area contributed by atoms with E-state index in [9.17, 15) is 9.59 Å². The monoisotopic (exact) mass is 419 g/mol. The molecular formula is C25H29N3O3. The molecule has 0 radical (unpaired) electrons. The number of fused-ring (bicyclic) bond motifs is 1. The zero-order valence-corrected chi connectivity index (χ0v) is 17.7. The first kappa shape index (κ1) is 21.1. The molecule has 4 rings (SSSR count). The molecule has 1 aromatic heterocycles. The molecule has 162 valence electrons. The van der Waals surface area contributed by atoms with E-state index < -0.39 is 6.04 Å². The lowest BCUT2D eigenvalue weighted by Gasteiger charge is -2.30. The highest BCUT2D eigenvalue weighted by Crippen LogP contribution is 2.20. The number of carbonyl (C=O) groups is 2. The van der Waals surface area contributed by atoms with Gasteiger partial charge in [-0.05, 0) is 36.5 Å². The van der Waals surface area contributed by atoms with Crippen LogP contribution in [-0.2, 0) is 27.4 Å². The van der Waals surface area contributed by atoms with Gasteiger partial charge in [0.2, 0.25) is 11.8 Å². The molecule has 6 nitrogen and oxygen atoms in total. The molecule has 1 fully saturated rings. The fourth-order valence-electron chi connectivity index (χ4n) is 4.13. The standard InChI is InChI=1S/C25H29N3O3/c29-24(18-31-17-19-9-3-1-4-10-19)27-23(25(30)28-13-7-2-8-14-28)15-20-16-26-22-12-6-5-11-21(20)22/h1,3-6,9-12,16,23,26H,2,7-8,13-15,17-18H2,(H,27,29). The van der Waals surface area contributed by atoms with Gasteiger partial charge in [-0.2, -0.15) is 0 Å². The second-order valence-corrected chi connectivity index (χ2v) is 8.05. The first-order valence-electron chi connectivity index (χ1n) is 11.0. The summed E-state index contributed by atoms with van der Waals surface area (Å²) in [6.07, 6.45) is 5.55. The van der Waals surface area contributed by atoms with E-state index >= 15 is 0 Å². The zero-order valence-electron chi connectivity index (χ0n) is 17.7. The maximum Gasteiger partial charge on any atom is 0.246 e. The Labute approximate surface area is 182 Å². The summed E-state index contributed by atoms with van der Waals surface area (Å²) in [4.78, 5) is 31.0. The first-order valence-corrected chi connectivity index (χ1v) is 11.0. The molecule has 1 saturated heterocycles. The Morgan fingerprint density at radius 1 is 1.00 bits per heavy atom. The molecule has 1 atom stereocenters. The number of ether oxygens (including phenoxy) is 1. The molecule has 2 heterocycles. The van der Waals surface area contributed by atoms with Crippen LogP contribution in [0.4, 0.5) is 0 Å². The summed E-state index contributed by atoms with van der Waals surface area (Å²) >= 11 is 0. The van der Waals surface area contributed by atoms with E-state index in [1.165, 1.54) is 0 Å². The van der Waals surface area contributed by atoms with Crippen molar-refractivity contribution in [3.8, 4) is 0 Å². The number of nitrogens with one attached hydrogen (secondary N) is 2. The predicted octanol–water partition coefficient (Wildman–Crippen LogP) is 3.42. The molecule has 0 spiro atoms. The van der Waals surface area contributed by atoms with Gasteiger partial charge in [0, 0.05) is 36.6 Å². The number of likely N-dealkylation sites (tertiary alicyclic amines) is 1. The molecule has 1 unspecified atom stereocenters. The number of piperidine rings is 1. The Morgan fingerprint density at radius 3 is 2.55 bits per heavy atom. The molecular weight excluding hydrogens is 390 g/mol. The summed E-state index contributed by atoms with van der Waals surface area (Å²) in [5.41, 5.74) is 3.06. The molecule has 3 aromatic rings. The highest BCUT2D eigenvalue weighted by atomic mass is 16.5. The quantitative estimate of drug-likeness (QED) is 0.588. The second kappa shape index (κ2) is 10.3. The normalized spacial score (nSPS) is 15.0. The van der Waals surface area contributed by atoms with Crippen molar-refractivity contribution in [3.05, 3.63) is 71.9 Å². The van der Waals surface area contributed by atoms with Gasteiger partial charge < -0.3 is 19.9 Å². The van der Waals surface area contributed by atoms with Crippen LogP contribution in [0.1, 0.15) is 30.4 Å². The third-order valence-electron chi connectivity index (χ3n) is 5.74. The molecule has 1 aliphatic heterocycles. The topological polar surface area (TPSA) is 74.4 Å². The number of H-pyrrole nitrogens is 1. The van der Waals surface area contributed by atoms with Crippen LogP contribution in [0, 0.1) is 0 Å². The van der Waals surface area contributed by atoms with Crippen LogP contribution in [0.5, 0.6) is 0 Å². The van der Waals surface area contributed by atoms with Crippen LogP contribution in [0.2, 0.25) is 0 Å². The Kier molecular flexibility index (Phi) is 6.99. The van der Waals surface area contributed by atoms with Gasteiger partial charge in [0.15, 0.2) is 0 Å². The van der Waals surface area contributed by atoms with Gasteiger partial charge in [0.05, 0.1) is 6.61 Å². The molecule has 6 heteroatoms. The van der Waals surface area contributed by atoms with Crippen LogP contribution in [-0.4, -0.2) is 47.4 Å². The minimum atomic E-state index is -0.606. The zero-order chi connectivity index (χ0) is 21.5. The van der Waals surface area contributed by atoms with E-state index in [1.807, 2.05) is 65.7 Å². The molecule has 2 amide bonds. The fourth-order valence-corrected chi connectivity index (χ4v) is 4.13. The minimum Gasteiger partial charge on any atom is -0.367 e. The van der Waals surface area contributed by atoms with Gasteiger partial charge in [0.25, 0.3) is 0 Å². The Morgan fingerprint density at radius 2 is 1.74 bits per heavy atom. The number of hydrogen-bond donors (Lipinski definition) is 2. The van der Waals surface area contributed by atoms with Gasteiger partial charge in [-0.15, -0.1) is 0 Å². The van der Waals surface area contributed by atoms with E-state index in [0.717, 1.165) is 54.4 Å². The number of carbonyl (C=O) groups excluding carboxylic acids is 2.